The number of rotatable bonds is 8. The first-order valence-electron chi connectivity index (χ1n) is 9.18. The molecular weight excluding hydrogens is 388 g/mol. The first-order chi connectivity index (χ1) is 13.3. The summed E-state index contributed by atoms with van der Waals surface area (Å²) in [7, 11) is -3.19. The molecule has 1 saturated heterocycles. The maximum atomic E-state index is 12.5. The van der Waals surface area contributed by atoms with E-state index in [1.54, 1.807) is 13.8 Å². The summed E-state index contributed by atoms with van der Waals surface area (Å²) in [6, 6.07) is 3.00. The van der Waals surface area contributed by atoms with Crippen molar-refractivity contribution in [2.45, 2.75) is 27.2 Å². The minimum Gasteiger partial charge on any atom is -0.490 e. The number of carbonyl (C=O) groups is 2. The van der Waals surface area contributed by atoms with Crippen LogP contribution in [0.5, 0.6) is 17.2 Å². The normalized spacial score (nSPS) is 17.6. The van der Waals surface area contributed by atoms with Crippen molar-refractivity contribution in [3.05, 3.63) is 17.7 Å². The number of benzene rings is 1. The van der Waals surface area contributed by atoms with Crippen LogP contribution in [0.2, 0.25) is 0 Å². The molecular formula is C18H26N2O7S. The second-order valence-corrected chi connectivity index (χ2v) is 8.37. The summed E-state index contributed by atoms with van der Waals surface area (Å²) in [6.45, 7) is 6.56. The minimum atomic E-state index is -3.19. The van der Waals surface area contributed by atoms with Crippen molar-refractivity contribution in [1.82, 2.24) is 10.9 Å². The molecule has 1 aromatic carbocycles. The number of hydrogen-bond donors (Lipinski definition) is 2. The molecule has 1 fully saturated rings. The van der Waals surface area contributed by atoms with E-state index >= 15 is 0 Å². The summed E-state index contributed by atoms with van der Waals surface area (Å²) < 4.78 is 39.7. The molecule has 0 aromatic heterocycles. The minimum absolute atomic E-state index is 0.0205. The van der Waals surface area contributed by atoms with Crippen LogP contribution in [0.1, 0.15) is 37.6 Å². The second kappa shape index (κ2) is 9.63. The summed E-state index contributed by atoms with van der Waals surface area (Å²) in [4.78, 5) is 24.6. The van der Waals surface area contributed by atoms with Crippen LogP contribution in [0.3, 0.4) is 0 Å². The lowest BCUT2D eigenvalue weighted by Gasteiger charge is -2.17. The van der Waals surface area contributed by atoms with Crippen molar-refractivity contribution < 1.29 is 32.2 Å². The van der Waals surface area contributed by atoms with Crippen molar-refractivity contribution in [3.8, 4) is 17.2 Å². The predicted octanol–water partition coefficient (Wildman–Crippen LogP) is 1.08. The summed E-state index contributed by atoms with van der Waals surface area (Å²) >= 11 is 0. The molecule has 10 heteroatoms. The Morgan fingerprint density at radius 1 is 1.00 bits per heavy atom. The van der Waals surface area contributed by atoms with Gasteiger partial charge in [-0.1, -0.05) is 0 Å². The van der Waals surface area contributed by atoms with Gasteiger partial charge in [0.15, 0.2) is 21.3 Å². The van der Waals surface area contributed by atoms with Gasteiger partial charge in [-0.05, 0) is 39.3 Å². The quantitative estimate of drug-likeness (QED) is 0.611. The van der Waals surface area contributed by atoms with E-state index in [2.05, 4.69) is 10.9 Å². The summed E-state index contributed by atoms with van der Waals surface area (Å²) in [5.41, 5.74) is 4.80. The van der Waals surface area contributed by atoms with Gasteiger partial charge in [0.1, 0.15) is 0 Å². The van der Waals surface area contributed by atoms with Crippen LogP contribution in [0.25, 0.3) is 0 Å². The van der Waals surface area contributed by atoms with Gasteiger partial charge in [-0.3, -0.25) is 20.4 Å². The average Bonchev–Trinajstić information content (AvgIpc) is 3.02. The number of amides is 2. The lowest BCUT2D eigenvalue weighted by atomic mass is 10.1. The van der Waals surface area contributed by atoms with Gasteiger partial charge in [0.05, 0.1) is 37.2 Å². The molecule has 1 heterocycles. The van der Waals surface area contributed by atoms with Crippen molar-refractivity contribution in [1.29, 1.82) is 0 Å². The van der Waals surface area contributed by atoms with Crippen LogP contribution in [0.15, 0.2) is 12.1 Å². The smallest absolute Gasteiger partial charge is 0.269 e. The monoisotopic (exact) mass is 414 g/mol. The van der Waals surface area contributed by atoms with Gasteiger partial charge < -0.3 is 14.2 Å². The molecule has 9 nitrogen and oxygen atoms in total. The lowest BCUT2D eigenvalue weighted by molar-refractivity contribution is -0.125. The molecule has 0 saturated carbocycles. The number of ether oxygens (including phenoxy) is 3. The van der Waals surface area contributed by atoms with Crippen molar-refractivity contribution >= 4 is 21.7 Å². The number of nitrogens with one attached hydrogen (secondary N) is 2. The van der Waals surface area contributed by atoms with Gasteiger partial charge >= 0.3 is 0 Å². The zero-order chi connectivity index (χ0) is 20.7. The van der Waals surface area contributed by atoms with Gasteiger partial charge in [-0.2, -0.15) is 0 Å². The molecule has 2 amide bonds. The Balaban J connectivity index is 2.14. The summed E-state index contributed by atoms with van der Waals surface area (Å²) in [5.74, 6) is -0.892. The van der Waals surface area contributed by atoms with Crippen LogP contribution in [0.4, 0.5) is 0 Å². The average molecular weight is 414 g/mol. The topological polar surface area (TPSA) is 120 Å². The Bertz CT molecular complexity index is 796. The molecule has 1 aromatic rings. The Labute approximate surface area is 164 Å². The van der Waals surface area contributed by atoms with E-state index in [0.717, 1.165) is 0 Å². The van der Waals surface area contributed by atoms with Gasteiger partial charge in [-0.15, -0.1) is 0 Å². The third kappa shape index (κ3) is 5.51. The maximum absolute atomic E-state index is 12.5. The van der Waals surface area contributed by atoms with Gasteiger partial charge in [-0.25, -0.2) is 8.42 Å². The largest absolute Gasteiger partial charge is 0.490 e. The molecule has 0 radical (unpaired) electrons. The Morgan fingerprint density at radius 3 is 2.04 bits per heavy atom. The van der Waals surface area contributed by atoms with Crippen molar-refractivity contribution in [3.63, 3.8) is 0 Å². The highest BCUT2D eigenvalue weighted by Crippen LogP contribution is 2.39. The molecule has 0 unspecified atom stereocenters. The number of hydrazine groups is 1. The highest BCUT2D eigenvalue weighted by molar-refractivity contribution is 7.91. The highest BCUT2D eigenvalue weighted by atomic mass is 32.2. The first kappa shape index (κ1) is 21.8. The standard InChI is InChI=1S/C18H26N2O7S/c1-4-25-14-9-13(10-15(26-5-2)16(14)27-6-3)18(22)20-19-17(21)12-7-8-28(23,24)11-12/h9-10,12H,4-8,11H2,1-3H3,(H,19,21)(H,20,22)/t12-/m1/s1. The van der Waals surface area contributed by atoms with E-state index < -0.39 is 27.6 Å². The van der Waals surface area contributed by atoms with Crippen LogP contribution in [-0.4, -0.2) is 51.6 Å². The van der Waals surface area contributed by atoms with Gasteiger partial charge in [0.25, 0.3) is 5.91 Å². The van der Waals surface area contributed by atoms with Gasteiger partial charge in [0, 0.05) is 5.56 Å². The number of carbonyl (C=O) groups excluding carboxylic acids is 2. The van der Waals surface area contributed by atoms with E-state index in [0.29, 0.717) is 37.1 Å². The fourth-order valence-corrected chi connectivity index (χ4v) is 4.56. The lowest BCUT2D eigenvalue weighted by Crippen LogP contribution is -2.44. The number of hydrogen-bond acceptors (Lipinski definition) is 7. The Kier molecular flexibility index (Phi) is 7.50. The second-order valence-electron chi connectivity index (χ2n) is 6.14. The molecule has 28 heavy (non-hydrogen) atoms. The number of sulfone groups is 1. The molecule has 2 N–H and O–H groups in total. The highest BCUT2D eigenvalue weighted by Gasteiger charge is 2.33. The van der Waals surface area contributed by atoms with E-state index in [-0.39, 0.29) is 23.5 Å². The SMILES string of the molecule is CCOc1cc(C(=O)NNC(=O)[C@@H]2CCS(=O)(=O)C2)cc(OCC)c1OCC. The molecule has 1 aliphatic heterocycles. The van der Waals surface area contributed by atoms with E-state index in [4.69, 9.17) is 14.2 Å². The molecule has 2 rings (SSSR count). The molecule has 0 spiro atoms. The predicted molar refractivity (Wildman–Crippen MR) is 102 cm³/mol. The molecule has 1 aliphatic rings. The first-order valence-corrected chi connectivity index (χ1v) is 11.0. The Morgan fingerprint density at radius 2 is 1.57 bits per heavy atom. The summed E-state index contributed by atoms with van der Waals surface area (Å²) in [6.07, 6.45) is 0.246. The zero-order valence-corrected chi connectivity index (χ0v) is 17.1. The van der Waals surface area contributed by atoms with E-state index in [1.807, 2.05) is 6.92 Å². The van der Waals surface area contributed by atoms with E-state index in [1.165, 1.54) is 12.1 Å². The van der Waals surface area contributed by atoms with Crippen molar-refractivity contribution in [2.24, 2.45) is 5.92 Å². The van der Waals surface area contributed by atoms with Crippen molar-refractivity contribution in [2.75, 3.05) is 31.3 Å². The molecule has 156 valence electrons. The maximum Gasteiger partial charge on any atom is 0.269 e. The van der Waals surface area contributed by atoms with Crippen LogP contribution in [-0.2, 0) is 14.6 Å². The molecule has 0 bridgehead atoms. The molecule has 1 atom stereocenters. The third-order valence-electron chi connectivity index (χ3n) is 4.07. The third-order valence-corrected chi connectivity index (χ3v) is 5.84. The van der Waals surface area contributed by atoms with Crippen LogP contribution >= 0.6 is 0 Å². The fourth-order valence-electron chi connectivity index (χ4n) is 2.81. The van der Waals surface area contributed by atoms with E-state index in [9.17, 15) is 18.0 Å². The zero-order valence-electron chi connectivity index (χ0n) is 16.2. The fraction of sp³-hybridized carbons (Fsp3) is 0.556. The molecule has 0 aliphatic carbocycles. The van der Waals surface area contributed by atoms with Crippen LogP contribution < -0.4 is 25.1 Å². The van der Waals surface area contributed by atoms with Gasteiger partial charge in [0.2, 0.25) is 11.7 Å². The Hall–Kier alpha value is -2.49. The van der Waals surface area contributed by atoms with Crippen LogP contribution in [0, 0.1) is 5.92 Å². The summed E-state index contributed by atoms with van der Waals surface area (Å²) in [5, 5.41) is 0.